The van der Waals surface area contributed by atoms with Crippen molar-refractivity contribution in [3.8, 4) is 17.1 Å². The van der Waals surface area contributed by atoms with Crippen LogP contribution in [0.15, 0.2) is 18.2 Å². The van der Waals surface area contributed by atoms with Crippen LogP contribution in [-0.4, -0.2) is 22.2 Å². The summed E-state index contributed by atoms with van der Waals surface area (Å²) in [6, 6.07) is 5.04. The summed E-state index contributed by atoms with van der Waals surface area (Å²) >= 11 is 0. The smallest absolute Gasteiger partial charge is 0.222 e. The van der Waals surface area contributed by atoms with Crippen molar-refractivity contribution in [3.05, 3.63) is 23.9 Å². The van der Waals surface area contributed by atoms with Crippen molar-refractivity contribution in [3.63, 3.8) is 0 Å². The third kappa shape index (κ3) is 1.76. The lowest BCUT2D eigenvalue weighted by Gasteiger charge is -2.05. The third-order valence-electron chi connectivity index (χ3n) is 1.98. The van der Waals surface area contributed by atoms with Gasteiger partial charge in [0.05, 0.1) is 22.4 Å². The van der Waals surface area contributed by atoms with E-state index < -0.39 is 7.04 Å². The van der Waals surface area contributed by atoms with Crippen LogP contribution in [0, 0.1) is 6.92 Å². The molecule has 5 nitrogen and oxygen atoms in total. The highest BCUT2D eigenvalue weighted by atomic mass is 16.5. The molecule has 0 unspecified atom stereocenters. The molecule has 0 spiro atoms. The van der Waals surface area contributed by atoms with Gasteiger partial charge in [0.15, 0.2) is 0 Å². The highest BCUT2D eigenvalue weighted by molar-refractivity contribution is 5.67. The minimum absolute atomic E-state index is 0.0265. The Kier molecular flexibility index (Phi) is 1.55. The van der Waals surface area contributed by atoms with Crippen LogP contribution < -0.4 is 10.5 Å². The Morgan fingerprint density at radius 2 is 2.40 bits per heavy atom. The van der Waals surface area contributed by atoms with Gasteiger partial charge in [0.25, 0.3) is 0 Å². The largest absolute Gasteiger partial charge is 0.480 e. The number of nitrogen functional groups attached to an aromatic ring is 1. The zero-order valence-corrected chi connectivity index (χ0v) is 8.11. The van der Waals surface area contributed by atoms with Gasteiger partial charge in [0.1, 0.15) is 5.82 Å². The normalized spacial score (nSPS) is 14.1. The summed E-state index contributed by atoms with van der Waals surface area (Å²) in [7, 11) is -2.55. The maximum atomic E-state index is 7.12. The Bertz CT molecular complexity index is 564. The van der Waals surface area contributed by atoms with Gasteiger partial charge in [-0.1, -0.05) is 0 Å². The number of aromatic nitrogens is 3. The Morgan fingerprint density at radius 3 is 3.07 bits per heavy atom. The first-order valence-corrected chi connectivity index (χ1v) is 4.33. The summed E-state index contributed by atoms with van der Waals surface area (Å²) in [4.78, 5) is 4.07. The number of ether oxygens (including phenoxy) is 1. The van der Waals surface area contributed by atoms with Gasteiger partial charge in [0.2, 0.25) is 5.88 Å². The average Bonchev–Trinajstić information content (AvgIpc) is 2.62. The lowest BCUT2D eigenvalue weighted by Crippen LogP contribution is -1.93. The Balaban J connectivity index is 2.47. The standard InChI is InChI=1S/C10H12N4O/c1-6-3-4-7(10(12-6)15-2)8-5-9(11)14-13-8/h3-5H,1-2H3,(H3,11,13,14)/i2D3. The van der Waals surface area contributed by atoms with Crippen LogP contribution in [0.2, 0.25) is 0 Å². The molecule has 0 saturated heterocycles. The minimum atomic E-state index is -2.55. The van der Waals surface area contributed by atoms with E-state index in [-0.39, 0.29) is 5.88 Å². The highest BCUT2D eigenvalue weighted by Crippen LogP contribution is 2.27. The molecular weight excluding hydrogens is 192 g/mol. The van der Waals surface area contributed by atoms with Gasteiger partial charge < -0.3 is 10.5 Å². The van der Waals surface area contributed by atoms with Crippen molar-refractivity contribution in [1.29, 1.82) is 0 Å². The molecule has 0 amide bonds. The number of hydrogen-bond acceptors (Lipinski definition) is 4. The molecule has 0 aliphatic carbocycles. The van der Waals surface area contributed by atoms with Crippen molar-refractivity contribution in [2.45, 2.75) is 6.92 Å². The fourth-order valence-electron chi connectivity index (χ4n) is 1.29. The summed E-state index contributed by atoms with van der Waals surface area (Å²) in [5, 5.41) is 6.47. The van der Waals surface area contributed by atoms with E-state index in [0.717, 1.165) is 0 Å². The molecule has 2 aromatic heterocycles. The van der Waals surface area contributed by atoms with Crippen LogP contribution in [0.4, 0.5) is 5.82 Å². The van der Waals surface area contributed by atoms with Crippen LogP contribution in [0.3, 0.4) is 0 Å². The molecule has 0 radical (unpaired) electrons. The van der Waals surface area contributed by atoms with E-state index in [2.05, 4.69) is 15.2 Å². The molecule has 2 aromatic rings. The Morgan fingerprint density at radius 1 is 1.53 bits per heavy atom. The van der Waals surface area contributed by atoms with Crippen molar-refractivity contribution in [1.82, 2.24) is 15.2 Å². The van der Waals surface area contributed by atoms with Gasteiger partial charge in [-0.05, 0) is 19.1 Å². The van der Waals surface area contributed by atoms with Crippen LogP contribution >= 0.6 is 0 Å². The summed E-state index contributed by atoms with van der Waals surface area (Å²) in [5.74, 6) is 0.337. The molecule has 0 bridgehead atoms. The second kappa shape index (κ2) is 3.61. The number of hydrogen-bond donors (Lipinski definition) is 2. The summed E-state index contributed by atoms with van der Waals surface area (Å²) in [6.07, 6.45) is 0. The number of rotatable bonds is 2. The number of aromatic amines is 1. The van der Waals surface area contributed by atoms with E-state index >= 15 is 0 Å². The molecule has 0 aromatic carbocycles. The van der Waals surface area contributed by atoms with Gasteiger partial charge in [-0.3, -0.25) is 5.10 Å². The van der Waals surface area contributed by atoms with E-state index in [1.807, 2.05) is 0 Å². The van der Waals surface area contributed by atoms with Crippen LogP contribution in [-0.2, 0) is 0 Å². The van der Waals surface area contributed by atoms with E-state index in [1.165, 1.54) is 0 Å². The first-order valence-electron chi connectivity index (χ1n) is 5.83. The molecule has 0 fully saturated rings. The minimum Gasteiger partial charge on any atom is -0.480 e. The number of nitrogens with one attached hydrogen (secondary N) is 1. The molecule has 0 saturated carbocycles. The van der Waals surface area contributed by atoms with Gasteiger partial charge in [0, 0.05) is 11.8 Å². The monoisotopic (exact) mass is 207 g/mol. The Labute approximate surface area is 91.5 Å². The number of nitrogens with two attached hydrogens (primary N) is 1. The van der Waals surface area contributed by atoms with Crippen LogP contribution in [0.25, 0.3) is 11.3 Å². The van der Waals surface area contributed by atoms with Crippen molar-refractivity contribution in [2.75, 3.05) is 12.8 Å². The average molecular weight is 207 g/mol. The molecular formula is C10H12N4O. The molecule has 2 rings (SSSR count). The number of aryl methyl sites for hydroxylation is 1. The number of nitrogens with zero attached hydrogens (tertiary/aromatic N) is 2. The Hall–Kier alpha value is -2.04. The third-order valence-corrected chi connectivity index (χ3v) is 1.98. The predicted octanol–water partition coefficient (Wildman–Crippen LogP) is 1.37. The SMILES string of the molecule is [2H]C([2H])([2H])Oc1nc(C)ccc1-c1cc(N)n[nH]1. The van der Waals surface area contributed by atoms with Crippen molar-refractivity contribution < 1.29 is 8.85 Å². The van der Waals surface area contributed by atoms with E-state index in [9.17, 15) is 0 Å². The van der Waals surface area contributed by atoms with E-state index in [0.29, 0.717) is 22.8 Å². The summed E-state index contributed by atoms with van der Waals surface area (Å²) < 4.78 is 26.3. The predicted molar refractivity (Wildman–Crippen MR) is 57.5 cm³/mol. The molecule has 2 heterocycles. The van der Waals surface area contributed by atoms with Gasteiger partial charge in [-0.15, -0.1) is 0 Å². The molecule has 0 aliphatic rings. The van der Waals surface area contributed by atoms with E-state index in [1.54, 1.807) is 25.1 Å². The molecule has 78 valence electrons. The van der Waals surface area contributed by atoms with Gasteiger partial charge in [-0.25, -0.2) is 4.98 Å². The molecule has 5 heteroatoms. The summed E-state index contributed by atoms with van der Waals surface area (Å²) in [5.41, 5.74) is 7.22. The number of anilines is 1. The fraction of sp³-hybridized carbons (Fsp3) is 0.200. The number of pyridine rings is 1. The molecule has 0 aliphatic heterocycles. The van der Waals surface area contributed by atoms with Crippen LogP contribution in [0.5, 0.6) is 5.88 Å². The zero-order valence-electron chi connectivity index (χ0n) is 11.1. The zero-order chi connectivity index (χ0) is 13.3. The topological polar surface area (TPSA) is 76.8 Å². The molecule has 3 N–H and O–H groups in total. The first kappa shape index (κ1) is 6.44. The maximum absolute atomic E-state index is 7.12. The van der Waals surface area contributed by atoms with Crippen LogP contribution in [0.1, 0.15) is 9.81 Å². The number of H-pyrrole nitrogens is 1. The highest BCUT2D eigenvalue weighted by Gasteiger charge is 2.09. The maximum Gasteiger partial charge on any atom is 0.222 e. The second-order valence-corrected chi connectivity index (χ2v) is 3.11. The lowest BCUT2D eigenvalue weighted by atomic mass is 10.2. The summed E-state index contributed by atoms with van der Waals surface area (Å²) in [6.45, 7) is 1.75. The number of methoxy groups -OCH3 is 1. The van der Waals surface area contributed by atoms with E-state index in [4.69, 9.17) is 14.6 Å². The van der Waals surface area contributed by atoms with Gasteiger partial charge in [-0.2, -0.15) is 5.10 Å². The quantitative estimate of drug-likeness (QED) is 0.779. The fourth-order valence-corrected chi connectivity index (χ4v) is 1.29. The molecule has 15 heavy (non-hydrogen) atoms. The molecule has 0 atom stereocenters. The van der Waals surface area contributed by atoms with Crippen molar-refractivity contribution >= 4 is 5.82 Å². The second-order valence-electron chi connectivity index (χ2n) is 3.11. The van der Waals surface area contributed by atoms with Gasteiger partial charge >= 0.3 is 0 Å². The van der Waals surface area contributed by atoms with Crippen molar-refractivity contribution in [2.24, 2.45) is 0 Å². The lowest BCUT2D eigenvalue weighted by molar-refractivity contribution is 0.398. The first-order chi connectivity index (χ1) is 8.35.